The molecule has 2 aliphatic rings. The number of anilines is 1. The first-order valence-corrected chi connectivity index (χ1v) is 13.1. The van der Waals surface area contributed by atoms with Gasteiger partial charge in [-0.3, -0.25) is 4.79 Å². The van der Waals surface area contributed by atoms with Crippen molar-refractivity contribution in [2.75, 3.05) is 31.1 Å². The summed E-state index contributed by atoms with van der Waals surface area (Å²) in [6.07, 6.45) is 2.64. The number of carbonyl (C=O) groups is 1. The van der Waals surface area contributed by atoms with Gasteiger partial charge in [0.2, 0.25) is 5.91 Å². The maximum absolute atomic E-state index is 13.6. The van der Waals surface area contributed by atoms with E-state index in [2.05, 4.69) is 24.0 Å². The zero-order valence-corrected chi connectivity index (χ0v) is 21.3. The fourth-order valence-electron chi connectivity index (χ4n) is 5.44. The molecule has 3 heterocycles. The molecule has 2 fully saturated rings. The average molecular weight is 499 g/mol. The third-order valence-corrected chi connectivity index (χ3v) is 7.50. The summed E-state index contributed by atoms with van der Waals surface area (Å²) < 4.78 is 15.3. The Morgan fingerprint density at radius 1 is 1.00 bits per heavy atom. The quantitative estimate of drug-likeness (QED) is 0.387. The van der Waals surface area contributed by atoms with E-state index in [1.54, 1.807) is 16.8 Å². The third-order valence-electron chi connectivity index (χ3n) is 7.50. The molecule has 6 rings (SSSR count). The molecule has 0 radical (unpaired) electrons. The van der Waals surface area contributed by atoms with E-state index in [0.717, 1.165) is 53.3 Å². The molecule has 1 aliphatic heterocycles. The van der Waals surface area contributed by atoms with Gasteiger partial charge in [-0.2, -0.15) is 5.10 Å². The first-order chi connectivity index (χ1) is 18.0. The maximum atomic E-state index is 13.6. The highest BCUT2D eigenvalue weighted by molar-refractivity contribution is 5.91. The molecule has 0 spiro atoms. The number of rotatable bonds is 6. The van der Waals surface area contributed by atoms with Crippen molar-refractivity contribution in [3.63, 3.8) is 0 Å². The number of benzene rings is 2. The lowest BCUT2D eigenvalue weighted by atomic mass is 10.1. The molecule has 0 N–H and O–H groups in total. The van der Waals surface area contributed by atoms with Crippen molar-refractivity contribution in [3.8, 4) is 5.69 Å². The van der Waals surface area contributed by atoms with E-state index in [9.17, 15) is 9.18 Å². The highest BCUT2D eigenvalue weighted by Gasteiger charge is 2.46. The number of hydrogen-bond acceptors (Lipinski definition) is 5. The minimum absolute atomic E-state index is 0.104. The van der Waals surface area contributed by atoms with Gasteiger partial charge in [0.25, 0.3) is 0 Å². The summed E-state index contributed by atoms with van der Waals surface area (Å²) in [6.45, 7) is 6.86. The van der Waals surface area contributed by atoms with Crippen molar-refractivity contribution in [2.24, 2.45) is 5.92 Å². The Balaban J connectivity index is 1.24. The first-order valence-electron chi connectivity index (χ1n) is 13.1. The molecule has 190 valence electrons. The standard InChI is InChI=1S/C29H31FN6O/c1-3-7-25-31-27(26-19(2)33-36(28(26)32-25)22-12-10-21(30)11-13-22)34-14-16-35(17-15-34)29(37)24-18-23(24)20-8-5-4-6-9-20/h4-6,8-13,23-24H,3,7,14-18H2,1-2H3/t23-,24-/m0/s1. The number of nitrogens with zero attached hydrogens (tertiary/aromatic N) is 6. The molecule has 2 aromatic carbocycles. The van der Waals surface area contributed by atoms with Gasteiger partial charge in [-0.1, -0.05) is 37.3 Å². The lowest BCUT2D eigenvalue weighted by Gasteiger charge is -2.36. The van der Waals surface area contributed by atoms with E-state index in [-0.39, 0.29) is 17.6 Å². The Morgan fingerprint density at radius 3 is 2.43 bits per heavy atom. The van der Waals surface area contributed by atoms with Gasteiger partial charge >= 0.3 is 0 Å². The Bertz CT molecular complexity index is 1430. The molecular formula is C29H31FN6O. The monoisotopic (exact) mass is 498 g/mol. The predicted molar refractivity (Wildman–Crippen MR) is 141 cm³/mol. The van der Waals surface area contributed by atoms with Crippen molar-refractivity contribution < 1.29 is 9.18 Å². The number of fused-ring (bicyclic) bond motifs is 1. The van der Waals surface area contributed by atoms with E-state index >= 15 is 0 Å². The summed E-state index contributed by atoms with van der Waals surface area (Å²) in [5.41, 5.74) is 3.60. The van der Waals surface area contributed by atoms with Crippen molar-refractivity contribution in [3.05, 3.63) is 77.5 Å². The topological polar surface area (TPSA) is 67.2 Å². The average Bonchev–Trinajstić information content (AvgIpc) is 3.66. The molecule has 1 amide bonds. The van der Waals surface area contributed by atoms with Crippen molar-refractivity contribution in [1.82, 2.24) is 24.6 Å². The number of hydrogen-bond donors (Lipinski definition) is 0. The molecule has 1 aliphatic carbocycles. The minimum Gasteiger partial charge on any atom is -0.352 e. The van der Waals surface area contributed by atoms with Crippen LogP contribution in [0.25, 0.3) is 16.7 Å². The second-order valence-electron chi connectivity index (χ2n) is 10.1. The first kappa shape index (κ1) is 23.6. The summed E-state index contributed by atoms with van der Waals surface area (Å²) in [7, 11) is 0. The Labute approximate surface area is 215 Å². The van der Waals surface area contributed by atoms with Gasteiger partial charge in [-0.25, -0.2) is 19.0 Å². The zero-order chi connectivity index (χ0) is 25.5. The van der Waals surface area contributed by atoms with Crippen LogP contribution in [-0.2, 0) is 11.2 Å². The Morgan fingerprint density at radius 2 is 1.73 bits per heavy atom. The largest absolute Gasteiger partial charge is 0.352 e. The van der Waals surface area contributed by atoms with Crippen LogP contribution in [0, 0.1) is 18.7 Å². The van der Waals surface area contributed by atoms with Gasteiger partial charge in [0, 0.05) is 38.5 Å². The van der Waals surface area contributed by atoms with Gasteiger partial charge in [-0.15, -0.1) is 0 Å². The second kappa shape index (κ2) is 9.57. The minimum atomic E-state index is -0.285. The number of carbonyl (C=O) groups excluding carboxylic acids is 1. The van der Waals surface area contributed by atoms with E-state index in [1.807, 2.05) is 30.0 Å². The highest BCUT2D eigenvalue weighted by atomic mass is 19.1. The summed E-state index contributed by atoms with van der Waals surface area (Å²) >= 11 is 0. The van der Waals surface area contributed by atoms with Crippen molar-refractivity contribution >= 4 is 22.8 Å². The molecule has 2 atom stereocenters. The van der Waals surface area contributed by atoms with Crippen LogP contribution in [0.4, 0.5) is 10.2 Å². The summed E-state index contributed by atoms with van der Waals surface area (Å²) in [6, 6.07) is 16.7. The van der Waals surface area contributed by atoms with Crippen LogP contribution in [-0.4, -0.2) is 56.7 Å². The number of aromatic nitrogens is 4. The van der Waals surface area contributed by atoms with Gasteiger partial charge < -0.3 is 9.80 Å². The van der Waals surface area contributed by atoms with Crippen LogP contribution in [0.15, 0.2) is 54.6 Å². The summed E-state index contributed by atoms with van der Waals surface area (Å²) in [5, 5.41) is 5.67. The van der Waals surface area contributed by atoms with Crippen molar-refractivity contribution in [1.29, 1.82) is 0 Å². The Hall–Kier alpha value is -3.81. The number of halogens is 1. The van der Waals surface area contributed by atoms with E-state index < -0.39 is 0 Å². The molecule has 8 heteroatoms. The normalized spacial score (nSPS) is 19.4. The fourth-order valence-corrected chi connectivity index (χ4v) is 5.44. The van der Waals surface area contributed by atoms with Crippen molar-refractivity contribution in [2.45, 2.75) is 39.0 Å². The number of piperazine rings is 1. The van der Waals surface area contributed by atoms with E-state index in [4.69, 9.17) is 15.1 Å². The molecule has 0 bridgehead atoms. The van der Waals surface area contributed by atoms with E-state index in [1.165, 1.54) is 17.7 Å². The van der Waals surface area contributed by atoms with E-state index in [0.29, 0.717) is 32.1 Å². The van der Waals surface area contributed by atoms with Crippen LogP contribution >= 0.6 is 0 Å². The lowest BCUT2D eigenvalue weighted by molar-refractivity contribution is -0.133. The molecule has 1 saturated carbocycles. The molecule has 7 nitrogen and oxygen atoms in total. The van der Waals surface area contributed by atoms with Crippen LogP contribution in [0.5, 0.6) is 0 Å². The number of amides is 1. The molecule has 2 aromatic heterocycles. The van der Waals surface area contributed by atoms with Crippen LogP contribution in [0.3, 0.4) is 0 Å². The smallest absolute Gasteiger partial charge is 0.226 e. The molecular weight excluding hydrogens is 467 g/mol. The van der Waals surface area contributed by atoms with Gasteiger partial charge in [0.1, 0.15) is 17.5 Å². The van der Waals surface area contributed by atoms with Gasteiger partial charge in [-0.05, 0) is 55.5 Å². The van der Waals surface area contributed by atoms with Gasteiger partial charge in [0.15, 0.2) is 5.65 Å². The fraction of sp³-hybridized carbons (Fsp3) is 0.379. The predicted octanol–water partition coefficient (Wildman–Crippen LogP) is 4.67. The third kappa shape index (κ3) is 4.45. The number of aryl methyl sites for hydroxylation is 2. The highest BCUT2D eigenvalue weighted by Crippen LogP contribution is 2.48. The van der Waals surface area contributed by atoms with Crippen LogP contribution in [0.1, 0.15) is 42.8 Å². The molecule has 4 aromatic rings. The Kier molecular flexibility index (Phi) is 6.10. The second-order valence-corrected chi connectivity index (χ2v) is 10.1. The summed E-state index contributed by atoms with van der Waals surface area (Å²) in [5.74, 6) is 2.09. The molecule has 1 saturated heterocycles. The zero-order valence-electron chi connectivity index (χ0n) is 21.3. The molecule has 0 unspecified atom stereocenters. The SMILES string of the molecule is CCCc1nc(N2CCN(C(=O)[C@H]3C[C@H]3c3ccccc3)CC2)c2c(C)nn(-c3ccc(F)cc3)c2n1. The van der Waals surface area contributed by atoms with Crippen LogP contribution in [0.2, 0.25) is 0 Å². The van der Waals surface area contributed by atoms with Gasteiger partial charge in [0.05, 0.1) is 16.8 Å². The summed E-state index contributed by atoms with van der Waals surface area (Å²) in [4.78, 5) is 27.3. The maximum Gasteiger partial charge on any atom is 0.226 e. The lowest BCUT2D eigenvalue weighted by Crippen LogP contribution is -2.49. The van der Waals surface area contributed by atoms with Crippen LogP contribution < -0.4 is 4.90 Å². The molecule has 37 heavy (non-hydrogen) atoms.